The van der Waals surface area contributed by atoms with Gasteiger partial charge in [0.1, 0.15) is 11.6 Å². The molecule has 1 aromatic heterocycles. The molecular weight excluding hydrogens is 422 g/mol. The van der Waals surface area contributed by atoms with Crippen molar-refractivity contribution >= 4 is 23.0 Å². The first-order valence-electron chi connectivity index (χ1n) is 11.8. The minimum absolute atomic E-state index is 0.138. The van der Waals surface area contributed by atoms with Gasteiger partial charge in [0, 0.05) is 12.6 Å². The predicted octanol–water partition coefficient (Wildman–Crippen LogP) is 6.09. The molecule has 0 saturated heterocycles. The van der Waals surface area contributed by atoms with Gasteiger partial charge < -0.3 is 14.6 Å². The number of hydrogen-bond acceptors (Lipinski definition) is 3. The van der Waals surface area contributed by atoms with Gasteiger partial charge in [-0.2, -0.15) is 0 Å². The summed E-state index contributed by atoms with van der Waals surface area (Å²) in [5.41, 5.74) is 4.24. The Morgan fingerprint density at radius 3 is 2.53 bits per heavy atom. The highest BCUT2D eigenvalue weighted by Gasteiger charge is 2.17. The first-order chi connectivity index (χ1) is 16.6. The zero-order valence-electron chi connectivity index (χ0n) is 19.8. The van der Waals surface area contributed by atoms with Crippen molar-refractivity contribution in [1.82, 2.24) is 14.9 Å². The van der Waals surface area contributed by atoms with E-state index in [1.54, 1.807) is 6.08 Å². The SMILES string of the molecule is Cc1ccc(OCCCCn2c(C(C)NC(=O)/C=C\c3ccccc3)nc3ccccc32)cc1. The molecule has 1 N–H and O–H groups in total. The fourth-order valence-electron chi connectivity index (χ4n) is 3.92. The summed E-state index contributed by atoms with van der Waals surface area (Å²) in [6.07, 6.45) is 5.27. The maximum atomic E-state index is 12.5. The number of benzene rings is 3. The minimum Gasteiger partial charge on any atom is -0.494 e. The number of ether oxygens (including phenoxy) is 1. The van der Waals surface area contributed by atoms with E-state index in [4.69, 9.17) is 9.72 Å². The second kappa shape index (κ2) is 11.3. The molecule has 4 rings (SSSR count). The van der Waals surface area contributed by atoms with E-state index in [2.05, 4.69) is 35.0 Å². The number of imidazole rings is 1. The van der Waals surface area contributed by atoms with E-state index in [1.165, 1.54) is 5.56 Å². The van der Waals surface area contributed by atoms with Crippen molar-refractivity contribution in [2.24, 2.45) is 0 Å². The molecule has 1 amide bonds. The van der Waals surface area contributed by atoms with Crippen LogP contribution in [0.3, 0.4) is 0 Å². The summed E-state index contributed by atoms with van der Waals surface area (Å²) in [6.45, 7) is 5.53. The van der Waals surface area contributed by atoms with Crippen LogP contribution in [0.15, 0.2) is 84.9 Å². The molecule has 0 radical (unpaired) electrons. The number of hydrogen-bond donors (Lipinski definition) is 1. The molecule has 0 aliphatic rings. The van der Waals surface area contributed by atoms with E-state index < -0.39 is 0 Å². The Labute approximate surface area is 201 Å². The molecule has 3 aromatic carbocycles. The minimum atomic E-state index is -0.218. The van der Waals surface area contributed by atoms with Crippen LogP contribution in [-0.2, 0) is 11.3 Å². The van der Waals surface area contributed by atoms with E-state index in [0.29, 0.717) is 6.61 Å². The summed E-state index contributed by atoms with van der Waals surface area (Å²) in [5.74, 6) is 1.63. The van der Waals surface area contributed by atoms with Gasteiger partial charge in [0.2, 0.25) is 5.91 Å². The number of rotatable bonds is 10. The van der Waals surface area contributed by atoms with Gasteiger partial charge >= 0.3 is 0 Å². The smallest absolute Gasteiger partial charge is 0.244 e. The van der Waals surface area contributed by atoms with Crippen LogP contribution >= 0.6 is 0 Å². The molecule has 0 aliphatic carbocycles. The van der Waals surface area contributed by atoms with E-state index in [-0.39, 0.29) is 11.9 Å². The van der Waals surface area contributed by atoms with Gasteiger partial charge in [-0.3, -0.25) is 4.79 Å². The zero-order valence-corrected chi connectivity index (χ0v) is 19.8. The summed E-state index contributed by atoms with van der Waals surface area (Å²) in [7, 11) is 0. The van der Waals surface area contributed by atoms with Gasteiger partial charge in [0.05, 0.1) is 23.7 Å². The number of unbranched alkanes of at least 4 members (excludes halogenated alkanes) is 1. The van der Waals surface area contributed by atoms with Crippen LogP contribution in [0.5, 0.6) is 5.75 Å². The van der Waals surface area contributed by atoms with Crippen LogP contribution in [0, 0.1) is 6.92 Å². The monoisotopic (exact) mass is 453 g/mol. The number of amides is 1. The number of carbonyl (C=O) groups excluding carboxylic acids is 1. The molecular formula is C29H31N3O2. The van der Waals surface area contributed by atoms with Crippen molar-refractivity contribution in [2.75, 3.05) is 6.61 Å². The third-order valence-corrected chi connectivity index (χ3v) is 5.72. The van der Waals surface area contributed by atoms with Crippen LogP contribution < -0.4 is 10.1 Å². The molecule has 1 unspecified atom stereocenters. The lowest BCUT2D eigenvalue weighted by molar-refractivity contribution is -0.117. The summed E-state index contributed by atoms with van der Waals surface area (Å²) < 4.78 is 8.09. The maximum absolute atomic E-state index is 12.5. The standard InChI is InChI=1S/C29H31N3O2/c1-22-14-17-25(18-15-22)34-21-9-8-20-32-27-13-7-6-12-26(27)31-29(32)23(2)30-28(33)19-16-24-10-4-3-5-11-24/h3-7,10-19,23H,8-9,20-21H2,1-2H3,(H,30,33)/b19-16-. The van der Waals surface area contributed by atoms with Gasteiger partial charge in [-0.1, -0.05) is 60.2 Å². The number of nitrogens with one attached hydrogen (secondary N) is 1. The molecule has 0 saturated carbocycles. The van der Waals surface area contributed by atoms with Crippen LogP contribution in [0.1, 0.15) is 42.8 Å². The van der Waals surface area contributed by atoms with Crippen LogP contribution in [0.2, 0.25) is 0 Å². The Balaban J connectivity index is 1.38. The summed E-state index contributed by atoms with van der Waals surface area (Å²) in [6, 6.07) is 25.8. The summed E-state index contributed by atoms with van der Waals surface area (Å²) in [5, 5.41) is 3.06. The van der Waals surface area contributed by atoms with Crippen molar-refractivity contribution in [3.8, 4) is 5.75 Å². The highest BCUT2D eigenvalue weighted by atomic mass is 16.5. The topological polar surface area (TPSA) is 56.1 Å². The third-order valence-electron chi connectivity index (χ3n) is 5.72. The second-order valence-corrected chi connectivity index (χ2v) is 8.45. The first-order valence-corrected chi connectivity index (χ1v) is 11.8. The van der Waals surface area contributed by atoms with E-state index >= 15 is 0 Å². The Bertz CT molecular complexity index is 1240. The van der Waals surface area contributed by atoms with Crippen molar-refractivity contribution in [1.29, 1.82) is 0 Å². The van der Waals surface area contributed by atoms with E-state index in [0.717, 1.165) is 47.6 Å². The van der Waals surface area contributed by atoms with Crippen molar-refractivity contribution < 1.29 is 9.53 Å². The molecule has 34 heavy (non-hydrogen) atoms. The Morgan fingerprint density at radius 2 is 1.74 bits per heavy atom. The molecule has 174 valence electrons. The number of nitrogens with zero attached hydrogens (tertiary/aromatic N) is 2. The molecule has 1 heterocycles. The normalized spacial score (nSPS) is 12.2. The predicted molar refractivity (Wildman–Crippen MR) is 138 cm³/mol. The van der Waals surface area contributed by atoms with Gasteiger partial charge in [0.15, 0.2) is 0 Å². The van der Waals surface area contributed by atoms with Gasteiger partial charge in [0.25, 0.3) is 0 Å². The molecule has 0 aliphatic heterocycles. The van der Waals surface area contributed by atoms with E-state index in [9.17, 15) is 4.79 Å². The molecule has 1 atom stereocenters. The van der Waals surface area contributed by atoms with Gasteiger partial charge in [-0.05, 0) is 62.6 Å². The molecule has 5 heteroatoms. The summed E-state index contributed by atoms with van der Waals surface area (Å²) >= 11 is 0. The van der Waals surface area contributed by atoms with Crippen LogP contribution in [0.25, 0.3) is 17.1 Å². The fourth-order valence-corrected chi connectivity index (χ4v) is 3.92. The second-order valence-electron chi connectivity index (χ2n) is 8.45. The number of aromatic nitrogens is 2. The molecule has 0 spiro atoms. The lowest BCUT2D eigenvalue weighted by Crippen LogP contribution is -2.27. The van der Waals surface area contributed by atoms with Crippen molar-refractivity contribution in [3.05, 3.63) is 102 Å². The highest BCUT2D eigenvalue weighted by molar-refractivity contribution is 5.92. The van der Waals surface area contributed by atoms with Crippen molar-refractivity contribution in [3.63, 3.8) is 0 Å². The molecule has 0 fully saturated rings. The van der Waals surface area contributed by atoms with Crippen molar-refractivity contribution in [2.45, 2.75) is 39.3 Å². The average Bonchev–Trinajstić information content (AvgIpc) is 3.23. The molecule has 5 nitrogen and oxygen atoms in total. The Kier molecular flexibility index (Phi) is 7.76. The molecule has 4 aromatic rings. The quantitative estimate of drug-likeness (QED) is 0.233. The fraction of sp³-hybridized carbons (Fsp3) is 0.241. The third kappa shape index (κ3) is 6.13. The Hall–Kier alpha value is -3.86. The zero-order chi connectivity index (χ0) is 23.8. The first kappa shape index (κ1) is 23.3. The number of para-hydroxylation sites is 2. The number of fused-ring (bicyclic) bond motifs is 1. The highest BCUT2D eigenvalue weighted by Crippen LogP contribution is 2.22. The van der Waals surface area contributed by atoms with Gasteiger partial charge in [-0.25, -0.2) is 4.98 Å². The summed E-state index contributed by atoms with van der Waals surface area (Å²) in [4.78, 5) is 17.4. The van der Waals surface area contributed by atoms with Crippen LogP contribution in [0.4, 0.5) is 0 Å². The Morgan fingerprint density at radius 1 is 1.00 bits per heavy atom. The number of aryl methyl sites for hydroxylation is 2. The largest absolute Gasteiger partial charge is 0.494 e. The van der Waals surface area contributed by atoms with Crippen LogP contribution in [-0.4, -0.2) is 22.1 Å². The average molecular weight is 454 g/mol. The lowest BCUT2D eigenvalue weighted by Gasteiger charge is -2.16. The molecule has 0 bridgehead atoms. The maximum Gasteiger partial charge on any atom is 0.244 e. The van der Waals surface area contributed by atoms with Gasteiger partial charge in [-0.15, -0.1) is 0 Å². The van der Waals surface area contributed by atoms with E-state index in [1.807, 2.05) is 73.7 Å². The lowest BCUT2D eigenvalue weighted by atomic mass is 10.2. The number of carbonyl (C=O) groups is 1.